The third-order valence-corrected chi connectivity index (χ3v) is 6.20. The molecule has 0 atom stereocenters. The maximum Gasteiger partial charge on any atom is 0.252 e. The van der Waals surface area contributed by atoms with E-state index in [4.69, 9.17) is 4.42 Å². The van der Waals surface area contributed by atoms with Crippen molar-refractivity contribution in [2.24, 2.45) is 0 Å². The van der Waals surface area contributed by atoms with E-state index in [-0.39, 0.29) is 5.56 Å². The van der Waals surface area contributed by atoms with Crippen LogP contribution < -0.4 is 5.56 Å². The van der Waals surface area contributed by atoms with Crippen LogP contribution in [-0.2, 0) is 26.1 Å². The zero-order valence-electron chi connectivity index (χ0n) is 19.9. The lowest BCUT2D eigenvalue weighted by molar-refractivity contribution is 0.247. The summed E-state index contributed by atoms with van der Waals surface area (Å²) in [7, 11) is 0. The summed E-state index contributed by atoms with van der Waals surface area (Å²) in [6.07, 6.45) is 2.49. The number of hydrogen-bond donors (Lipinski definition) is 1. The molecule has 0 fully saturated rings. The zero-order chi connectivity index (χ0) is 24.2. The van der Waals surface area contributed by atoms with E-state index < -0.39 is 0 Å². The second-order valence-corrected chi connectivity index (χ2v) is 8.95. The van der Waals surface area contributed by atoms with Gasteiger partial charge in [-0.1, -0.05) is 36.4 Å². The van der Waals surface area contributed by atoms with Crippen LogP contribution in [0.25, 0.3) is 10.9 Å². The molecule has 0 unspecified atom stereocenters. The first-order valence-corrected chi connectivity index (χ1v) is 11.7. The van der Waals surface area contributed by atoms with Crippen LogP contribution in [0.5, 0.6) is 0 Å². The van der Waals surface area contributed by atoms with Crippen LogP contribution in [-0.4, -0.2) is 36.6 Å². The predicted molar refractivity (Wildman–Crippen MR) is 134 cm³/mol. The largest absolute Gasteiger partial charge is 0.467 e. The molecule has 2 aromatic carbocycles. The molecule has 0 radical (unpaired) electrons. The maximum atomic E-state index is 13.0. The van der Waals surface area contributed by atoms with Crippen molar-refractivity contribution in [3.63, 3.8) is 0 Å². The Balaban J connectivity index is 1.42. The quantitative estimate of drug-likeness (QED) is 0.351. The van der Waals surface area contributed by atoms with E-state index in [0.717, 1.165) is 52.1 Å². The molecular weight excluding hydrogens is 440 g/mol. The number of nitrogens with one attached hydrogen (secondary N) is 1. The summed E-state index contributed by atoms with van der Waals surface area (Å²) in [5.41, 5.74) is 5.05. The maximum absolute atomic E-state index is 13.0. The van der Waals surface area contributed by atoms with Gasteiger partial charge in [0.25, 0.3) is 5.56 Å². The molecule has 8 heteroatoms. The highest BCUT2D eigenvalue weighted by molar-refractivity contribution is 5.83. The van der Waals surface area contributed by atoms with E-state index in [1.165, 1.54) is 5.56 Å². The molecule has 178 valence electrons. The van der Waals surface area contributed by atoms with E-state index in [1.54, 1.807) is 10.9 Å². The monoisotopic (exact) mass is 468 g/mol. The molecule has 5 rings (SSSR count). The van der Waals surface area contributed by atoms with Crippen molar-refractivity contribution in [1.82, 2.24) is 30.1 Å². The number of tetrazole rings is 1. The summed E-state index contributed by atoms with van der Waals surface area (Å²) in [5.74, 6) is 1.50. The third kappa shape index (κ3) is 5.38. The molecule has 0 saturated heterocycles. The Morgan fingerprint density at radius 2 is 1.89 bits per heavy atom. The van der Waals surface area contributed by atoms with Gasteiger partial charge in [0.1, 0.15) is 12.3 Å². The molecule has 0 saturated carbocycles. The fourth-order valence-corrected chi connectivity index (χ4v) is 4.43. The van der Waals surface area contributed by atoms with Gasteiger partial charge in [0.05, 0.1) is 12.8 Å². The van der Waals surface area contributed by atoms with Crippen LogP contribution >= 0.6 is 0 Å². The van der Waals surface area contributed by atoms with Crippen LogP contribution in [0.15, 0.2) is 76.1 Å². The van der Waals surface area contributed by atoms with Gasteiger partial charge in [0, 0.05) is 29.6 Å². The number of aryl methyl sites for hydroxylation is 2. The highest BCUT2D eigenvalue weighted by atomic mass is 16.3. The Hall–Kier alpha value is -4.04. The highest BCUT2D eigenvalue weighted by Gasteiger charge is 2.16. The Labute approximate surface area is 203 Å². The minimum Gasteiger partial charge on any atom is -0.467 e. The van der Waals surface area contributed by atoms with Crippen molar-refractivity contribution in [1.29, 1.82) is 0 Å². The van der Waals surface area contributed by atoms with Gasteiger partial charge in [0.2, 0.25) is 0 Å². The van der Waals surface area contributed by atoms with Crippen LogP contribution in [0.3, 0.4) is 0 Å². The van der Waals surface area contributed by atoms with Crippen LogP contribution in [0.4, 0.5) is 0 Å². The van der Waals surface area contributed by atoms with Gasteiger partial charge in [-0.05, 0) is 71.7 Å². The van der Waals surface area contributed by atoms with Gasteiger partial charge < -0.3 is 9.40 Å². The SMILES string of the molecule is Cc1cc(C)c2cc(CN(CCc3ccccc3)Cc3nnnn3Cc3ccco3)c(=O)[nH]c2c1. The number of rotatable bonds is 9. The van der Waals surface area contributed by atoms with Crippen molar-refractivity contribution in [2.75, 3.05) is 6.54 Å². The summed E-state index contributed by atoms with van der Waals surface area (Å²) in [6, 6.07) is 20.3. The first-order valence-electron chi connectivity index (χ1n) is 11.7. The predicted octanol–water partition coefficient (Wildman–Crippen LogP) is 4.02. The van der Waals surface area contributed by atoms with Gasteiger partial charge in [-0.2, -0.15) is 0 Å². The van der Waals surface area contributed by atoms with Crippen molar-refractivity contribution >= 4 is 10.9 Å². The van der Waals surface area contributed by atoms with Crippen LogP contribution in [0.1, 0.15) is 33.8 Å². The number of hydrogen-bond acceptors (Lipinski definition) is 6. The van der Waals surface area contributed by atoms with Gasteiger partial charge >= 0.3 is 0 Å². The Morgan fingerprint density at radius 3 is 2.69 bits per heavy atom. The number of aromatic amines is 1. The molecule has 0 bridgehead atoms. The molecular formula is C27H28N6O2. The van der Waals surface area contributed by atoms with Gasteiger partial charge in [-0.3, -0.25) is 9.69 Å². The molecule has 0 amide bonds. The van der Waals surface area contributed by atoms with E-state index in [0.29, 0.717) is 19.6 Å². The summed E-state index contributed by atoms with van der Waals surface area (Å²) in [4.78, 5) is 18.3. The molecule has 35 heavy (non-hydrogen) atoms. The average molecular weight is 469 g/mol. The number of furan rings is 1. The molecule has 0 aliphatic carbocycles. The first-order chi connectivity index (χ1) is 17.0. The molecule has 5 aromatic rings. The van der Waals surface area contributed by atoms with E-state index >= 15 is 0 Å². The number of fused-ring (bicyclic) bond motifs is 1. The normalized spacial score (nSPS) is 11.5. The number of benzene rings is 2. The lowest BCUT2D eigenvalue weighted by atomic mass is 10.0. The Kier molecular flexibility index (Phi) is 6.54. The van der Waals surface area contributed by atoms with Gasteiger partial charge in [-0.25, -0.2) is 4.68 Å². The molecule has 0 spiro atoms. The van der Waals surface area contributed by atoms with Crippen LogP contribution in [0, 0.1) is 13.8 Å². The number of H-pyrrole nitrogens is 1. The summed E-state index contributed by atoms with van der Waals surface area (Å²) >= 11 is 0. The second kappa shape index (κ2) is 10.1. The molecule has 1 N–H and O–H groups in total. The third-order valence-electron chi connectivity index (χ3n) is 6.20. The van der Waals surface area contributed by atoms with Crippen molar-refractivity contribution < 1.29 is 4.42 Å². The van der Waals surface area contributed by atoms with Crippen molar-refractivity contribution in [2.45, 2.75) is 39.9 Å². The van der Waals surface area contributed by atoms with Gasteiger partial charge in [0.15, 0.2) is 5.82 Å². The lowest BCUT2D eigenvalue weighted by Gasteiger charge is -2.22. The van der Waals surface area contributed by atoms with Crippen molar-refractivity contribution in [3.05, 3.63) is 111 Å². The summed E-state index contributed by atoms with van der Waals surface area (Å²) in [6.45, 7) is 6.31. The molecule has 3 aromatic heterocycles. The summed E-state index contributed by atoms with van der Waals surface area (Å²) < 4.78 is 7.21. The molecule has 3 heterocycles. The standard InChI is InChI=1S/C27H28N6O2/c1-19-13-20(2)24-15-22(27(34)28-25(24)14-19)16-32(11-10-21-7-4-3-5-8-21)18-26-29-30-31-33(26)17-23-9-6-12-35-23/h3-9,12-15H,10-11,16-18H2,1-2H3,(H,28,34). The summed E-state index contributed by atoms with van der Waals surface area (Å²) in [5, 5.41) is 13.4. The number of aromatic nitrogens is 5. The second-order valence-electron chi connectivity index (χ2n) is 8.95. The van der Waals surface area contributed by atoms with E-state index in [2.05, 4.69) is 50.5 Å². The highest BCUT2D eigenvalue weighted by Crippen LogP contribution is 2.19. The number of pyridine rings is 1. The molecule has 8 nitrogen and oxygen atoms in total. The van der Waals surface area contributed by atoms with Gasteiger partial charge in [-0.15, -0.1) is 5.10 Å². The fraction of sp³-hybridized carbons (Fsp3) is 0.259. The fourth-order valence-electron chi connectivity index (χ4n) is 4.43. The average Bonchev–Trinajstić information content (AvgIpc) is 3.51. The van der Waals surface area contributed by atoms with Crippen LogP contribution in [0.2, 0.25) is 0 Å². The topological polar surface area (TPSA) is 92.8 Å². The molecule has 0 aliphatic rings. The minimum absolute atomic E-state index is 0.0672. The first kappa shape index (κ1) is 22.7. The number of nitrogens with zero attached hydrogens (tertiary/aromatic N) is 5. The Morgan fingerprint density at radius 1 is 1.03 bits per heavy atom. The Bertz CT molecular complexity index is 1470. The molecule has 0 aliphatic heterocycles. The van der Waals surface area contributed by atoms with Crippen molar-refractivity contribution in [3.8, 4) is 0 Å². The van der Waals surface area contributed by atoms with E-state index in [9.17, 15) is 4.79 Å². The smallest absolute Gasteiger partial charge is 0.252 e. The zero-order valence-corrected chi connectivity index (χ0v) is 19.9. The van der Waals surface area contributed by atoms with E-state index in [1.807, 2.05) is 49.4 Å². The lowest BCUT2D eigenvalue weighted by Crippen LogP contribution is -2.30. The minimum atomic E-state index is -0.0672.